The van der Waals surface area contributed by atoms with Crippen LogP contribution in [0.4, 0.5) is 11.5 Å². The number of carbonyl (C=O) groups excluding carboxylic acids is 1. The molecule has 2 N–H and O–H groups in total. The van der Waals surface area contributed by atoms with Crippen molar-refractivity contribution in [3.63, 3.8) is 0 Å². The molecule has 0 aliphatic heterocycles. The molecule has 1 aromatic heterocycles. The Balaban J connectivity index is 2.05. The molecule has 0 aliphatic carbocycles. The first-order chi connectivity index (χ1) is 11.7. The lowest BCUT2D eigenvalue weighted by atomic mass is 10.2. The average Bonchev–Trinajstić information content (AvgIpc) is 2.62. The monoisotopic (exact) mass is 330 g/mol. The Kier molecular flexibility index (Phi) is 6.36. The Morgan fingerprint density at radius 1 is 1.17 bits per heavy atom. The molecule has 2 aromatic rings. The van der Waals surface area contributed by atoms with Gasteiger partial charge in [0.1, 0.15) is 23.0 Å². The fourth-order valence-corrected chi connectivity index (χ4v) is 2.02. The fourth-order valence-electron chi connectivity index (χ4n) is 2.02. The standard InChI is InChI=1S/C17H22N4O3/c1-4-5-8-18-17(22)14-10-20-16(11-19-14)21-13-7-6-12(23-2)9-15(13)24-3/h6-7,9-11H,4-5,8H2,1-3H3,(H,18,22)(H,20,21). The second kappa shape index (κ2) is 8.71. The van der Waals surface area contributed by atoms with Crippen molar-refractivity contribution in [1.82, 2.24) is 15.3 Å². The van der Waals surface area contributed by atoms with Crippen molar-refractivity contribution in [2.24, 2.45) is 0 Å². The Labute approximate surface area is 141 Å². The third kappa shape index (κ3) is 4.58. The van der Waals surface area contributed by atoms with Gasteiger partial charge in [-0.3, -0.25) is 4.79 Å². The van der Waals surface area contributed by atoms with Gasteiger partial charge in [0.25, 0.3) is 5.91 Å². The van der Waals surface area contributed by atoms with Gasteiger partial charge >= 0.3 is 0 Å². The van der Waals surface area contributed by atoms with Gasteiger partial charge in [-0.1, -0.05) is 13.3 Å². The van der Waals surface area contributed by atoms with Crippen LogP contribution in [0, 0.1) is 0 Å². The number of ether oxygens (including phenoxy) is 2. The predicted molar refractivity (Wildman–Crippen MR) is 92.1 cm³/mol. The summed E-state index contributed by atoms with van der Waals surface area (Å²) >= 11 is 0. The van der Waals surface area contributed by atoms with E-state index >= 15 is 0 Å². The number of amides is 1. The molecule has 7 nitrogen and oxygen atoms in total. The number of nitrogens with zero attached hydrogens (tertiary/aromatic N) is 2. The van der Waals surface area contributed by atoms with Crippen LogP contribution in [0.2, 0.25) is 0 Å². The Morgan fingerprint density at radius 2 is 2.00 bits per heavy atom. The van der Waals surface area contributed by atoms with Crippen LogP contribution in [0.1, 0.15) is 30.3 Å². The fraction of sp³-hybridized carbons (Fsp3) is 0.353. The van der Waals surface area contributed by atoms with E-state index < -0.39 is 0 Å². The lowest BCUT2D eigenvalue weighted by molar-refractivity contribution is 0.0948. The summed E-state index contributed by atoms with van der Waals surface area (Å²) in [5, 5.41) is 5.91. The summed E-state index contributed by atoms with van der Waals surface area (Å²) in [6.07, 6.45) is 4.92. The van der Waals surface area contributed by atoms with Crippen LogP contribution in [0.3, 0.4) is 0 Å². The number of aromatic nitrogens is 2. The highest BCUT2D eigenvalue weighted by Crippen LogP contribution is 2.30. The van der Waals surface area contributed by atoms with Gasteiger partial charge in [-0.05, 0) is 18.6 Å². The van der Waals surface area contributed by atoms with E-state index in [1.165, 1.54) is 12.4 Å². The zero-order valence-corrected chi connectivity index (χ0v) is 14.1. The smallest absolute Gasteiger partial charge is 0.271 e. The zero-order valence-electron chi connectivity index (χ0n) is 14.1. The average molecular weight is 330 g/mol. The molecule has 0 saturated heterocycles. The topological polar surface area (TPSA) is 85.4 Å². The molecule has 1 amide bonds. The van der Waals surface area contributed by atoms with E-state index in [2.05, 4.69) is 27.5 Å². The van der Waals surface area contributed by atoms with Crippen LogP contribution < -0.4 is 20.1 Å². The summed E-state index contributed by atoms with van der Waals surface area (Å²) in [7, 11) is 3.17. The molecule has 0 fully saturated rings. The van der Waals surface area contributed by atoms with Crippen molar-refractivity contribution in [3.05, 3.63) is 36.3 Å². The number of rotatable bonds is 8. The van der Waals surface area contributed by atoms with E-state index in [-0.39, 0.29) is 5.91 Å². The summed E-state index contributed by atoms with van der Waals surface area (Å²) in [5.74, 6) is 1.62. The molecule has 128 valence electrons. The Morgan fingerprint density at radius 3 is 2.62 bits per heavy atom. The van der Waals surface area contributed by atoms with Gasteiger partial charge in [-0.2, -0.15) is 0 Å². The van der Waals surface area contributed by atoms with Crippen LogP contribution in [0.5, 0.6) is 11.5 Å². The quantitative estimate of drug-likeness (QED) is 0.724. The first-order valence-corrected chi connectivity index (χ1v) is 7.77. The van der Waals surface area contributed by atoms with E-state index in [9.17, 15) is 4.79 Å². The second-order valence-corrected chi connectivity index (χ2v) is 5.09. The number of unbranched alkanes of at least 4 members (excludes halogenated alkanes) is 1. The van der Waals surface area contributed by atoms with Crippen LogP contribution >= 0.6 is 0 Å². The van der Waals surface area contributed by atoms with Gasteiger partial charge in [-0.15, -0.1) is 0 Å². The maximum absolute atomic E-state index is 11.9. The van der Waals surface area contributed by atoms with Crippen molar-refractivity contribution >= 4 is 17.4 Å². The molecule has 0 spiro atoms. The van der Waals surface area contributed by atoms with Gasteiger partial charge < -0.3 is 20.1 Å². The van der Waals surface area contributed by atoms with Crippen molar-refractivity contribution in [3.8, 4) is 11.5 Å². The number of carbonyl (C=O) groups is 1. The number of hydrogen-bond acceptors (Lipinski definition) is 6. The first kappa shape index (κ1) is 17.5. The minimum absolute atomic E-state index is 0.218. The van der Waals surface area contributed by atoms with Gasteiger partial charge in [-0.25, -0.2) is 9.97 Å². The van der Waals surface area contributed by atoms with Crippen LogP contribution in [0.25, 0.3) is 0 Å². The van der Waals surface area contributed by atoms with Crippen molar-refractivity contribution in [2.45, 2.75) is 19.8 Å². The molecule has 7 heteroatoms. The van der Waals surface area contributed by atoms with Gasteiger partial charge in [0.15, 0.2) is 0 Å². The molecule has 0 aliphatic rings. The lowest BCUT2D eigenvalue weighted by Gasteiger charge is -2.12. The van der Waals surface area contributed by atoms with Crippen LogP contribution in [-0.2, 0) is 0 Å². The molecular formula is C17H22N4O3. The van der Waals surface area contributed by atoms with E-state index in [1.54, 1.807) is 20.3 Å². The Bertz CT molecular complexity index is 674. The summed E-state index contributed by atoms with van der Waals surface area (Å²) in [6, 6.07) is 5.41. The molecule has 0 radical (unpaired) electrons. The number of nitrogens with one attached hydrogen (secondary N) is 2. The zero-order chi connectivity index (χ0) is 17.4. The molecule has 0 saturated carbocycles. The highest BCUT2D eigenvalue weighted by molar-refractivity contribution is 5.92. The highest BCUT2D eigenvalue weighted by Gasteiger charge is 2.09. The van der Waals surface area contributed by atoms with Crippen LogP contribution in [-0.4, -0.2) is 36.6 Å². The van der Waals surface area contributed by atoms with Gasteiger partial charge in [0, 0.05) is 12.6 Å². The minimum atomic E-state index is -0.218. The maximum Gasteiger partial charge on any atom is 0.271 e. The molecule has 0 bridgehead atoms. The molecule has 24 heavy (non-hydrogen) atoms. The molecule has 0 unspecified atom stereocenters. The molecule has 1 heterocycles. The maximum atomic E-state index is 11.9. The summed E-state index contributed by atoms with van der Waals surface area (Å²) < 4.78 is 10.5. The molecular weight excluding hydrogens is 308 g/mol. The van der Waals surface area contributed by atoms with E-state index in [1.807, 2.05) is 12.1 Å². The summed E-state index contributed by atoms with van der Waals surface area (Å²) in [6.45, 7) is 2.71. The molecule has 0 atom stereocenters. The van der Waals surface area contributed by atoms with Crippen molar-refractivity contribution in [1.29, 1.82) is 0 Å². The molecule has 2 rings (SSSR count). The normalized spacial score (nSPS) is 10.1. The summed E-state index contributed by atoms with van der Waals surface area (Å²) in [5.41, 5.74) is 1.02. The van der Waals surface area contributed by atoms with E-state index in [0.29, 0.717) is 29.6 Å². The molecule has 1 aromatic carbocycles. The largest absolute Gasteiger partial charge is 0.497 e. The summed E-state index contributed by atoms with van der Waals surface area (Å²) in [4.78, 5) is 20.3. The SMILES string of the molecule is CCCCNC(=O)c1cnc(Nc2ccc(OC)cc2OC)cn1. The Hall–Kier alpha value is -2.83. The number of hydrogen-bond donors (Lipinski definition) is 2. The van der Waals surface area contributed by atoms with Crippen LogP contribution in [0.15, 0.2) is 30.6 Å². The first-order valence-electron chi connectivity index (χ1n) is 7.77. The second-order valence-electron chi connectivity index (χ2n) is 5.09. The minimum Gasteiger partial charge on any atom is -0.497 e. The van der Waals surface area contributed by atoms with Crippen molar-refractivity contribution < 1.29 is 14.3 Å². The number of anilines is 2. The van der Waals surface area contributed by atoms with E-state index in [4.69, 9.17) is 9.47 Å². The highest BCUT2D eigenvalue weighted by atomic mass is 16.5. The third-order valence-corrected chi connectivity index (χ3v) is 3.37. The van der Waals surface area contributed by atoms with E-state index in [0.717, 1.165) is 18.5 Å². The van der Waals surface area contributed by atoms with Crippen molar-refractivity contribution in [2.75, 3.05) is 26.1 Å². The number of benzene rings is 1. The third-order valence-electron chi connectivity index (χ3n) is 3.37. The number of methoxy groups -OCH3 is 2. The lowest BCUT2D eigenvalue weighted by Crippen LogP contribution is -2.25. The predicted octanol–water partition coefficient (Wildman–Crippen LogP) is 2.77. The van der Waals surface area contributed by atoms with Gasteiger partial charge in [0.05, 0.1) is 32.3 Å². The van der Waals surface area contributed by atoms with Gasteiger partial charge in [0.2, 0.25) is 0 Å².